The summed E-state index contributed by atoms with van der Waals surface area (Å²) in [4.78, 5) is 11.9. The van der Waals surface area contributed by atoms with E-state index in [0.717, 1.165) is 5.56 Å². The molecule has 0 radical (unpaired) electrons. The fourth-order valence-corrected chi connectivity index (χ4v) is 2.14. The summed E-state index contributed by atoms with van der Waals surface area (Å²) in [7, 11) is 0. The van der Waals surface area contributed by atoms with Crippen molar-refractivity contribution in [3.8, 4) is 0 Å². The molecule has 19 heavy (non-hydrogen) atoms. The number of nitrogens with one attached hydrogen (secondary N) is 1. The first-order chi connectivity index (χ1) is 9.08. The Bertz CT molecular complexity index is 579. The Kier molecular flexibility index (Phi) is 4.16. The monoisotopic (exact) mass is 322 g/mol. The van der Waals surface area contributed by atoms with Crippen LogP contribution in [0, 0.1) is 5.82 Å². The summed E-state index contributed by atoms with van der Waals surface area (Å²) in [5.41, 5.74) is 7.14. The quantitative estimate of drug-likeness (QED) is 0.853. The SMILES string of the molecule is Nc1ccc(CNC(=O)c2c(F)cccc2Br)cc1. The number of anilines is 1. The number of carbonyl (C=O) groups is 1. The number of hydrogen-bond acceptors (Lipinski definition) is 2. The molecule has 0 aliphatic rings. The van der Waals surface area contributed by atoms with E-state index in [0.29, 0.717) is 16.7 Å². The number of rotatable bonds is 3. The third-order valence-electron chi connectivity index (χ3n) is 2.62. The van der Waals surface area contributed by atoms with Gasteiger partial charge in [-0.05, 0) is 45.8 Å². The molecule has 0 atom stereocenters. The summed E-state index contributed by atoms with van der Waals surface area (Å²) in [6, 6.07) is 11.5. The van der Waals surface area contributed by atoms with E-state index >= 15 is 0 Å². The molecule has 3 nitrogen and oxygen atoms in total. The second-order valence-corrected chi connectivity index (χ2v) is 4.88. The number of carbonyl (C=O) groups excluding carboxylic acids is 1. The van der Waals surface area contributed by atoms with Crippen molar-refractivity contribution >= 4 is 27.5 Å². The minimum atomic E-state index is -0.552. The molecular weight excluding hydrogens is 311 g/mol. The first-order valence-electron chi connectivity index (χ1n) is 5.64. The standard InChI is InChI=1S/C14H12BrFN2O/c15-11-2-1-3-12(16)13(11)14(19)18-8-9-4-6-10(17)7-5-9/h1-7H,8,17H2,(H,18,19). The zero-order chi connectivity index (χ0) is 13.8. The van der Waals surface area contributed by atoms with Crippen LogP contribution >= 0.6 is 15.9 Å². The van der Waals surface area contributed by atoms with E-state index in [9.17, 15) is 9.18 Å². The van der Waals surface area contributed by atoms with Crippen molar-refractivity contribution in [3.63, 3.8) is 0 Å². The van der Waals surface area contributed by atoms with Crippen molar-refractivity contribution in [2.24, 2.45) is 0 Å². The van der Waals surface area contributed by atoms with Crippen LogP contribution in [0.3, 0.4) is 0 Å². The van der Waals surface area contributed by atoms with Crippen LogP contribution in [-0.4, -0.2) is 5.91 Å². The number of hydrogen-bond donors (Lipinski definition) is 2. The maximum atomic E-state index is 13.6. The summed E-state index contributed by atoms with van der Waals surface area (Å²) in [5.74, 6) is -1.01. The molecule has 5 heteroatoms. The highest BCUT2D eigenvalue weighted by Crippen LogP contribution is 2.19. The summed E-state index contributed by atoms with van der Waals surface area (Å²) in [6.45, 7) is 0.319. The molecule has 0 aliphatic heterocycles. The number of nitrogens with two attached hydrogens (primary N) is 1. The van der Waals surface area contributed by atoms with Gasteiger partial charge in [0.2, 0.25) is 0 Å². The average molecular weight is 323 g/mol. The lowest BCUT2D eigenvalue weighted by molar-refractivity contribution is 0.0946. The predicted molar refractivity (Wildman–Crippen MR) is 76.1 cm³/mol. The lowest BCUT2D eigenvalue weighted by atomic mass is 10.1. The lowest BCUT2D eigenvalue weighted by Gasteiger charge is -2.08. The maximum absolute atomic E-state index is 13.6. The molecule has 0 aliphatic carbocycles. The number of nitrogen functional groups attached to an aromatic ring is 1. The molecule has 0 unspecified atom stereocenters. The molecule has 0 heterocycles. The van der Waals surface area contributed by atoms with Crippen LogP contribution in [0.4, 0.5) is 10.1 Å². The second-order valence-electron chi connectivity index (χ2n) is 4.02. The topological polar surface area (TPSA) is 55.1 Å². The fourth-order valence-electron chi connectivity index (χ4n) is 1.62. The van der Waals surface area contributed by atoms with E-state index in [4.69, 9.17) is 5.73 Å². The summed E-state index contributed by atoms with van der Waals surface area (Å²) >= 11 is 3.17. The Balaban J connectivity index is 2.07. The Labute approximate surface area is 118 Å². The summed E-state index contributed by atoms with van der Waals surface area (Å²) in [6.07, 6.45) is 0. The normalized spacial score (nSPS) is 10.2. The van der Waals surface area contributed by atoms with E-state index in [2.05, 4.69) is 21.2 Å². The molecule has 2 aromatic carbocycles. The van der Waals surface area contributed by atoms with Crippen LogP contribution in [0.15, 0.2) is 46.9 Å². The van der Waals surface area contributed by atoms with Crippen molar-refractivity contribution in [1.29, 1.82) is 0 Å². The third kappa shape index (κ3) is 3.32. The average Bonchev–Trinajstić information content (AvgIpc) is 2.38. The van der Waals surface area contributed by atoms with Gasteiger partial charge in [0, 0.05) is 16.7 Å². The summed E-state index contributed by atoms with van der Waals surface area (Å²) < 4.78 is 14.0. The number of halogens is 2. The van der Waals surface area contributed by atoms with E-state index in [1.165, 1.54) is 12.1 Å². The van der Waals surface area contributed by atoms with Crippen molar-refractivity contribution in [1.82, 2.24) is 5.32 Å². The van der Waals surface area contributed by atoms with Gasteiger partial charge in [0.1, 0.15) is 5.82 Å². The highest BCUT2D eigenvalue weighted by Gasteiger charge is 2.14. The van der Waals surface area contributed by atoms with Crippen molar-refractivity contribution in [2.45, 2.75) is 6.54 Å². The van der Waals surface area contributed by atoms with Crippen molar-refractivity contribution < 1.29 is 9.18 Å². The predicted octanol–water partition coefficient (Wildman–Crippen LogP) is 3.10. The van der Waals surface area contributed by atoms with Gasteiger partial charge in [-0.1, -0.05) is 18.2 Å². The first-order valence-corrected chi connectivity index (χ1v) is 6.44. The van der Waals surface area contributed by atoms with Gasteiger partial charge in [0.05, 0.1) is 5.56 Å². The van der Waals surface area contributed by atoms with Crippen LogP contribution in [0.1, 0.15) is 15.9 Å². The number of benzene rings is 2. The van der Waals surface area contributed by atoms with Crippen LogP contribution in [0.25, 0.3) is 0 Å². The zero-order valence-electron chi connectivity index (χ0n) is 9.99. The van der Waals surface area contributed by atoms with E-state index in [-0.39, 0.29) is 5.56 Å². The Morgan fingerprint density at radius 1 is 1.21 bits per heavy atom. The Hall–Kier alpha value is -1.88. The zero-order valence-corrected chi connectivity index (χ0v) is 11.6. The third-order valence-corrected chi connectivity index (χ3v) is 3.28. The molecule has 0 bridgehead atoms. The molecule has 0 saturated heterocycles. The van der Waals surface area contributed by atoms with E-state index < -0.39 is 11.7 Å². The van der Waals surface area contributed by atoms with Gasteiger partial charge in [-0.2, -0.15) is 0 Å². The van der Waals surface area contributed by atoms with Gasteiger partial charge >= 0.3 is 0 Å². The Morgan fingerprint density at radius 2 is 1.89 bits per heavy atom. The largest absolute Gasteiger partial charge is 0.399 e. The van der Waals surface area contributed by atoms with Crippen LogP contribution in [-0.2, 0) is 6.54 Å². The highest BCUT2D eigenvalue weighted by atomic mass is 79.9. The highest BCUT2D eigenvalue weighted by molar-refractivity contribution is 9.10. The van der Waals surface area contributed by atoms with Crippen LogP contribution in [0.5, 0.6) is 0 Å². The molecule has 2 rings (SSSR count). The molecule has 2 aromatic rings. The number of amides is 1. The Morgan fingerprint density at radius 3 is 2.53 bits per heavy atom. The molecule has 3 N–H and O–H groups in total. The maximum Gasteiger partial charge on any atom is 0.255 e. The molecule has 0 spiro atoms. The van der Waals surface area contributed by atoms with Gasteiger partial charge in [0.15, 0.2) is 0 Å². The van der Waals surface area contributed by atoms with Crippen molar-refractivity contribution in [3.05, 3.63) is 63.9 Å². The van der Waals surface area contributed by atoms with Crippen molar-refractivity contribution in [2.75, 3.05) is 5.73 Å². The molecular formula is C14H12BrFN2O. The lowest BCUT2D eigenvalue weighted by Crippen LogP contribution is -2.24. The minimum absolute atomic E-state index is 0.0120. The first kappa shape index (κ1) is 13.5. The molecule has 1 amide bonds. The smallest absolute Gasteiger partial charge is 0.255 e. The van der Waals surface area contributed by atoms with Gasteiger partial charge in [0.25, 0.3) is 5.91 Å². The van der Waals surface area contributed by atoms with E-state index in [1.54, 1.807) is 18.2 Å². The van der Waals surface area contributed by atoms with Crippen LogP contribution in [0.2, 0.25) is 0 Å². The summed E-state index contributed by atoms with van der Waals surface area (Å²) in [5, 5.41) is 2.67. The molecule has 0 fully saturated rings. The van der Waals surface area contributed by atoms with Gasteiger partial charge in [-0.15, -0.1) is 0 Å². The van der Waals surface area contributed by atoms with Gasteiger partial charge in [-0.25, -0.2) is 4.39 Å². The molecule has 98 valence electrons. The molecule has 0 saturated carbocycles. The van der Waals surface area contributed by atoms with Gasteiger partial charge in [-0.3, -0.25) is 4.79 Å². The van der Waals surface area contributed by atoms with E-state index in [1.807, 2.05) is 12.1 Å². The van der Waals surface area contributed by atoms with Gasteiger partial charge < -0.3 is 11.1 Å². The fraction of sp³-hybridized carbons (Fsp3) is 0.0714. The molecule has 0 aromatic heterocycles. The minimum Gasteiger partial charge on any atom is -0.399 e. The second kappa shape index (κ2) is 5.84. The van der Waals surface area contributed by atoms with Crippen LogP contribution < -0.4 is 11.1 Å².